The average Bonchev–Trinajstić information content (AvgIpc) is 2.36. The Morgan fingerprint density at radius 3 is 2.75 bits per heavy atom. The lowest BCUT2D eigenvalue weighted by molar-refractivity contribution is -0.133. The summed E-state index contributed by atoms with van der Waals surface area (Å²) < 4.78 is 4.95. The van der Waals surface area contributed by atoms with Gasteiger partial charge < -0.3 is 15.2 Å². The molecule has 1 rings (SSSR count). The highest BCUT2D eigenvalue weighted by Gasteiger charge is 2.31. The first-order chi connectivity index (χ1) is 9.28. The van der Waals surface area contributed by atoms with Crippen molar-refractivity contribution in [2.45, 2.75) is 32.8 Å². The van der Waals surface area contributed by atoms with E-state index >= 15 is 0 Å². The molecule has 1 atom stereocenters. The van der Waals surface area contributed by atoms with E-state index in [0.717, 1.165) is 0 Å². The molecule has 1 aromatic heterocycles. The van der Waals surface area contributed by atoms with Gasteiger partial charge in [0.2, 0.25) is 5.88 Å². The number of amides is 1. The molecule has 2 N–H and O–H groups in total. The van der Waals surface area contributed by atoms with Gasteiger partial charge in [0, 0.05) is 11.8 Å². The number of hydrogen-bond donors (Lipinski definition) is 2. The summed E-state index contributed by atoms with van der Waals surface area (Å²) in [4.78, 5) is 16.0. The van der Waals surface area contributed by atoms with Gasteiger partial charge in [-0.15, -0.1) is 0 Å². The average molecular weight is 277 g/mol. The highest BCUT2D eigenvalue weighted by molar-refractivity contribution is 5.97. The molecular weight excluding hydrogens is 258 g/mol. The van der Waals surface area contributed by atoms with Crippen molar-refractivity contribution >= 4 is 11.6 Å². The predicted molar refractivity (Wildman–Crippen MR) is 74.2 cm³/mol. The van der Waals surface area contributed by atoms with Gasteiger partial charge in [-0.25, -0.2) is 4.98 Å². The minimum Gasteiger partial charge on any atom is -0.481 e. The van der Waals surface area contributed by atoms with E-state index in [1.807, 2.05) is 19.9 Å². The quantitative estimate of drug-likeness (QED) is 0.854. The topological polar surface area (TPSA) is 95.2 Å². The van der Waals surface area contributed by atoms with E-state index < -0.39 is 11.5 Å². The zero-order valence-corrected chi connectivity index (χ0v) is 12.1. The minimum atomic E-state index is -1.47. The third kappa shape index (κ3) is 4.21. The number of carbonyl (C=O) groups excluding carboxylic acids is 1. The Morgan fingerprint density at radius 1 is 1.60 bits per heavy atom. The Hall–Kier alpha value is -2.13. The second kappa shape index (κ2) is 6.35. The van der Waals surface area contributed by atoms with E-state index in [1.54, 1.807) is 0 Å². The lowest BCUT2D eigenvalue weighted by Crippen LogP contribution is -2.41. The maximum atomic E-state index is 12.1. The van der Waals surface area contributed by atoms with Crippen LogP contribution in [0, 0.1) is 17.2 Å². The standard InChI is InChI=1S/C14H19N3O3/c1-9(2)7-14(3,19)13(18)17-10-5-11(8-15)16-12(6-10)20-4/h5-6,9,19H,7H2,1-4H3,(H,16,17,18). The molecular formula is C14H19N3O3. The van der Waals surface area contributed by atoms with Gasteiger partial charge in [-0.2, -0.15) is 5.26 Å². The highest BCUT2D eigenvalue weighted by atomic mass is 16.5. The van der Waals surface area contributed by atoms with Crippen LogP contribution in [0.1, 0.15) is 32.9 Å². The summed E-state index contributed by atoms with van der Waals surface area (Å²) in [5.74, 6) is -0.122. The third-order valence-electron chi connectivity index (χ3n) is 2.68. The Kier molecular flexibility index (Phi) is 5.06. The van der Waals surface area contributed by atoms with Gasteiger partial charge in [0.1, 0.15) is 17.4 Å². The van der Waals surface area contributed by atoms with Crippen molar-refractivity contribution in [2.24, 2.45) is 5.92 Å². The number of rotatable bonds is 5. The van der Waals surface area contributed by atoms with Crippen molar-refractivity contribution in [1.29, 1.82) is 5.26 Å². The number of carbonyl (C=O) groups is 1. The smallest absolute Gasteiger partial charge is 0.256 e. The van der Waals surface area contributed by atoms with Crippen molar-refractivity contribution in [2.75, 3.05) is 12.4 Å². The summed E-state index contributed by atoms with van der Waals surface area (Å²) in [6.45, 7) is 5.31. The number of methoxy groups -OCH3 is 1. The Bertz CT molecular complexity index is 533. The van der Waals surface area contributed by atoms with Crippen LogP contribution in [0.5, 0.6) is 5.88 Å². The first kappa shape index (κ1) is 15.9. The first-order valence-corrected chi connectivity index (χ1v) is 6.28. The van der Waals surface area contributed by atoms with Crippen LogP contribution in [0.3, 0.4) is 0 Å². The van der Waals surface area contributed by atoms with Gasteiger partial charge in [-0.1, -0.05) is 13.8 Å². The van der Waals surface area contributed by atoms with Gasteiger partial charge in [-0.05, 0) is 25.3 Å². The number of anilines is 1. The zero-order chi connectivity index (χ0) is 15.3. The fraction of sp³-hybridized carbons (Fsp3) is 0.500. The molecule has 0 saturated carbocycles. The molecule has 0 aliphatic rings. The molecule has 1 heterocycles. The molecule has 0 aliphatic carbocycles. The number of nitrogens with zero attached hydrogens (tertiary/aromatic N) is 2. The molecule has 0 fully saturated rings. The molecule has 1 unspecified atom stereocenters. The Labute approximate surface area is 118 Å². The number of nitrogens with one attached hydrogen (secondary N) is 1. The molecule has 6 nitrogen and oxygen atoms in total. The number of aliphatic hydroxyl groups is 1. The van der Waals surface area contributed by atoms with Crippen LogP contribution >= 0.6 is 0 Å². The molecule has 0 aromatic carbocycles. The summed E-state index contributed by atoms with van der Waals surface area (Å²) in [7, 11) is 1.42. The number of hydrogen-bond acceptors (Lipinski definition) is 5. The Balaban J connectivity index is 2.93. The second-order valence-corrected chi connectivity index (χ2v) is 5.22. The Morgan fingerprint density at radius 2 is 2.25 bits per heavy atom. The summed E-state index contributed by atoms with van der Waals surface area (Å²) in [6.07, 6.45) is 0.339. The fourth-order valence-corrected chi connectivity index (χ4v) is 1.89. The van der Waals surface area contributed by atoms with Gasteiger partial charge in [0.25, 0.3) is 5.91 Å². The molecule has 0 radical (unpaired) electrons. The van der Waals surface area contributed by atoms with Crippen molar-refractivity contribution < 1.29 is 14.6 Å². The van der Waals surface area contributed by atoms with Crippen LogP contribution in [0.4, 0.5) is 5.69 Å². The van der Waals surface area contributed by atoms with E-state index in [1.165, 1.54) is 26.2 Å². The van der Waals surface area contributed by atoms with Gasteiger partial charge in [-0.3, -0.25) is 4.79 Å². The van der Waals surface area contributed by atoms with E-state index in [4.69, 9.17) is 10.00 Å². The summed E-state index contributed by atoms with van der Waals surface area (Å²) >= 11 is 0. The van der Waals surface area contributed by atoms with Crippen LogP contribution in [-0.4, -0.2) is 28.7 Å². The van der Waals surface area contributed by atoms with Gasteiger partial charge in [0.05, 0.1) is 7.11 Å². The van der Waals surface area contributed by atoms with E-state index in [9.17, 15) is 9.90 Å². The summed E-state index contributed by atoms with van der Waals surface area (Å²) in [5.41, 5.74) is -0.983. The van der Waals surface area contributed by atoms with Gasteiger partial charge in [0.15, 0.2) is 0 Å². The molecule has 0 spiro atoms. The monoisotopic (exact) mass is 277 g/mol. The van der Waals surface area contributed by atoms with Crippen LogP contribution in [0.15, 0.2) is 12.1 Å². The van der Waals surface area contributed by atoms with E-state index in [0.29, 0.717) is 12.1 Å². The molecule has 0 bridgehead atoms. The first-order valence-electron chi connectivity index (χ1n) is 6.28. The third-order valence-corrected chi connectivity index (χ3v) is 2.68. The zero-order valence-electron chi connectivity index (χ0n) is 12.1. The number of nitriles is 1. The minimum absolute atomic E-state index is 0.128. The molecule has 1 aromatic rings. The SMILES string of the molecule is COc1cc(NC(=O)C(C)(O)CC(C)C)cc(C#N)n1. The van der Waals surface area contributed by atoms with Crippen molar-refractivity contribution in [1.82, 2.24) is 4.98 Å². The number of aromatic nitrogens is 1. The second-order valence-electron chi connectivity index (χ2n) is 5.22. The van der Waals surface area contributed by atoms with Crippen molar-refractivity contribution in [3.8, 4) is 11.9 Å². The predicted octanol–water partition coefficient (Wildman–Crippen LogP) is 1.70. The van der Waals surface area contributed by atoms with E-state index in [-0.39, 0.29) is 17.5 Å². The molecule has 6 heteroatoms. The van der Waals surface area contributed by atoms with E-state index in [2.05, 4.69) is 10.3 Å². The normalized spacial score (nSPS) is 13.4. The fourth-order valence-electron chi connectivity index (χ4n) is 1.89. The maximum absolute atomic E-state index is 12.1. The number of ether oxygens (including phenoxy) is 1. The molecule has 108 valence electrons. The summed E-state index contributed by atoms with van der Waals surface area (Å²) in [6, 6.07) is 4.79. The van der Waals surface area contributed by atoms with Crippen LogP contribution in [0.25, 0.3) is 0 Å². The molecule has 20 heavy (non-hydrogen) atoms. The van der Waals surface area contributed by atoms with Crippen molar-refractivity contribution in [3.05, 3.63) is 17.8 Å². The number of pyridine rings is 1. The van der Waals surface area contributed by atoms with Gasteiger partial charge >= 0.3 is 0 Å². The maximum Gasteiger partial charge on any atom is 0.256 e. The van der Waals surface area contributed by atoms with Crippen LogP contribution in [-0.2, 0) is 4.79 Å². The highest BCUT2D eigenvalue weighted by Crippen LogP contribution is 2.21. The lowest BCUT2D eigenvalue weighted by Gasteiger charge is -2.24. The van der Waals surface area contributed by atoms with Crippen LogP contribution < -0.4 is 10.1 Å². The molecule has 0 saturated heterocycles. The van der Waals surface area contributed by atoms with Crippen molar-refractivity contribution in [3.63, 3.8) is 0 Å². The summed E-state index contributed by atoms with van der Waals surface area (Å²) in [5, 5.41) is 21.6. The largest absolute Gasteiger partial charge is 0.481 e. The molecule has 1 amide bonds. The lowest BCUT2D eigenvalue weighted by atomic mass is 9.93. The van der Waals surface area contributed by atoms with Crippen LogP contribution in [0.2, 0.25) is 0 Å². The molecule has 0 aliphatic heterocycles.